The largest absolute Gasteiger partial charge is 0.870 e. The smallest absolute Gasteiger partial charge is 0.0786 e. The Kier molecular flexibility index (Phi) is 16.0. The molecule has 118 valence electrons. The van der Waals surface area contributed by atoms with Crippen LogP contribution >= 0.6 is 0 Å². The Morgan fingerprint density at radius 3 is 1.05 bits per heavy atom. The molecular formula is C17H39NO. The Morgan fingerprint density at radius 1 is 0.526 bits per heavy atom. The standard InChI is InChI=1S/C17H38N.H2O/c1-5-9-12-15-18(8-4,16-13-10-6-2)17-14-11-7-3;/h5-17H2,1-4H3;1H2/q+1;/p-1. The molecule has 0 saturated carbocycles. The van der Waals surface area contributed by atoms with Crippen molar-refractivity contribution >= 4 is 0 Å². The predicted octanol–water partition coefficient (Wildman–Crippen LogP) is 5.22. The highest BCUT2D eigenvalue weighted by Gasteiger charge is 2.23. The second-order valence-corrected chi connectivity index (χ2v) is 5.95. The van der Waals surface area contributed by atoms with Crippen LogP contribution in [0.3, 0.4) is 0 Å². The van der Waals surface area contributed by atoms with Gasteiger partial charge in [0, 0.05) is 0 Å². The molecule has 0 radical (unpaired) electrons. The molecule has 0 spiro atoms. The molecule has 0 aromatic carbocycles. The number of hydrogen-bond donors (Lipinski definition) is 0. The zero-order valence-electron chi connectivity index (χ0n) is 14.1. The van der Waals surface area contributed by atoms with Gasteiger partial charge in [-0.05, 0) is 45.4 Å². The van der Waals surface area contributed by atoms with Crippen molar-refractivity contribution in [3.63, 3.8) is 0 Å². The average Bonchev–Trinajstić information content (AvgIpc) is 2.39. The van der Waals surface area contributed by atoms with Crippen LogP contribution in [0.1, 0.15) is 85.5 Å². The molecule has 0 bridgehead atoms. The van der Waals surface area contributed by atoms with Gasteiger partial charge >= 0.3 is 0 Å². The average molecular weight is 274 g/mol. The van der Waals surface area contributed by atoms with Gasteiger partial charge in [0.25, 0.3) is 0 Å². The maximum atomic E-state index is 2.41. The lowest BCUT2D eigenvalue weighted by molar-refractivity contribution is -0.927. The minimum atomic E-state index is 0. The monoisotopic (exact) mass is 273 g/mol. The molecule has 0 fully saturated rings. The highest BCUT2D eigenvalue weighted by Crippen LogP contribution is 2.15. The minimum Gasteiger partial charge on any atom is -0.870 e. The Morgan fingerprint density at radius 2 is 0.842 bits per heavy atom. The molecule has 2 nitrogen and oxygen atoms in total. The highest BCUT2D eigenvalue weighted by atomic mass is 16.0. The lowest BCUT2D eigenvalue weighted by Crippen LogP contribution is -2.50. The third-order valence-electron chi connectivity index (χ3n) is 4.38. The summed E-state index contributed by atoms with van der Waals surface area (Å²) in [5.41, 5.74) is 0. The summed E-state index contributed by atoms with van der Waals surface area (Å²) >= 11 is 0. The molecule has 0 aliphatic rings. The zero-order chi connectivity index (χ0) is 13.7. The molecule has 0 saturated heterocycles. The van der Waals surface area contributed by atoms with E-state index in [1.807, 2.05) is 0 Å². The third kappa shape index (κ3) is 10.4. The van der Waals surface area contributed by atoms with E-state index in [2.05, 4.69) is 27.7 Å². The number of rotatable bonds is 13. The number of unbranched alkanes of at least 4 members (excludes halogenated alkanes) is 6. The van der Waals surface area contributed by atoms with Gasteiger partial charge < -0.3 is 9.96 Å². The molecule has 0 aliphatic carbocycles. The van der Waals surface area contributed by atoms with Crippen molar-refractivity contribution in [1.82, 2.24) is 0 Å². The van der Waals surface area contributed by atoms with E-state index in [-0.39, 0.29) is 5.48 Å². The van der Waals surface area contributed by atoms with E-state index in [9.17, 15) is 0 Å². The van der Waals surface area contributed by atoms with Crippen LogP contribution < -0.4 is 0 Å². The van der Waals surface area contributed by atoms with Crippen LogP contribution in [0, 0.1) is 0 Å². The lowest BCUT2D eigenvalue weighted by Gasteiger charge is -2.38. The van der Waals surface area contributed by atoms with Gasteiger partial charge in [0.2, 0.25) is 0 Å². The summed E-state index contributed by atoms with van der Waals surface area (Å²) in [5, 5.41) is 0. The van der Waals surface area contributed by atoms with Gasteiger partial charge in [0.05, 0.1) is 26.2 Å². The van der Waals surface area contributed by atoms with Gasteiger partial charge in [-0.15, -0.1) is 0 Å². The van der Waals surface area contributed by atoms with Crippen molar-refractivity contribution in [3.05, 3.63) is 0 Å². The topological polar surface area (TPSA) is 30.0 Å². The molecule has 0 aromatic heterocycles. The lowest BCUT2D eigenvalue weighted by atomic mass is 10.1. The summed E-state index contributed by atoms with van der Waals surface area (Å²) in [6, 6.07) is 0. The molecule has 2 heteroatoms. The fraction of sp³-hybridized carbons (Fsp3) is 1.00. The van der Waals surface area contributed by atoms with E-state index in [1.54, 1.807) is 0 Å². The number of hydrogen-bond acceptors (Lipinski definition) is 1. The molecule has 19 heavy (non-hydrogen) atoms. The summed E-state index contributed by atoms with van der Waals surface area (Å²) < 4.78 is 1.40. The summed E-state index contributed by atoms with van der Waals surface area (Å²) in [4.78, 5) is 0. The van der Waals surface area contributed by atoms with Gasteiger partial charge in [0.1, 0.15) is 0 Å². The van der Waals surface area contributed by atoms with Gasteiger partial charge in [-0.25, -0.2) is 0 Å². The maximum absolute atomic E-state index is 2.41. The molecule has 0 unspecified atom stereocenters. The zero-order valence-corrected chi connectivity index (χ0v) is 14.1. The van der Waals surface area contributed by atoms with Crippen LogP contribution in [-0.4, -0.2) is 36.1 Å². The quantitative estimate of drug-likeness (QED) is 0.334. The van der Waals surface area contributed by atoms with Crippen LogP contribution in [0.15, 0.2) is 0 Å². The first kappa shape index (κ1) is 21.2. The van der Waals surface area contributed by atoms with Crippen LogP contribution in [0.2, 0.25) is 0 Å². The van der Waals surface area contributed by atoms with Crippen LogP contribution in [-0.2, 0) is 0 Å². The second kappa shape index (κ2) is 14.3. The van der Waals surface area contributed by atoms with Crippen LogP contribution in [0.5, 0.6) is 0 Å². The number of nitrogens with zero attached hydrogens (tertiary/aromatic N) is 1. The van der Waals surface area contributed by atoms with E-state index in [0.717, 1.165) is 0 Å². The second-order valence-electron chi connectivity index (χ2n) is 5.95. The number of quaternary nitrogens is 1. The molecule has 0 heterocycles. The van der Waals surface area contributed by atoms with Crippen molar-refractivity contribution in [1.29, 1.82) is 0 Å². The van der Waals surface area contributed by atoms with E-state index in [0.29, 0.717) is 0 Å². The van der Waals surface area contributed by atoms with Crippen molar-refractivity contribution in [3.8, 4) is 0 Å². The predicted molar refractivity (Wildman–Crippen MR) is 85.9 cm³/mol. The fourth-order valence-electron chi connectivity index (χ4n) is 2.90. The Hall–Kier alpha value is -0.0800. The summed E-state index contributed by atoms with van der Waals surface area (Å²) in [5.74, 6) is 0. The molecule has 0 aromatic rings. The first-order valence-corrected chi connectivity index (χ1v) is 8.59. The van der Waals surface area contributed by atoms with Crippen molar-refractivity contribution in [2.45, 2.75) is 85.5 Å². The normalized spacial score (nSPS) is 11.4. The van der Waals surface area contributed by atoms with Gasteiger partial charge in [0.15, 0.2) is 0 Å². The fourth-order valence-corrected chi connectivity index (χ4v) is 2.90. The Balaban J connectivity index is 0. The van der Waals surface area contributed by atoms with Gasteiger partial charge in [-0.3, -0.25) is 0 Å². The van der Waals surface area contributed by atoms with Crippen LogP contribution in [0.4, 0.5) is 0 Å². The molecule has 1 N–H and O–H groups in total. The summed E-state index contributed by atoms with van der Waals surface area (Å²) in [6.45, 7) is 15.0. The molecule has 0 atom stereocenters. The highest BCUT2D eigenvalue weighted by molar-refractivity contribution is 4.49. The van der Waals surface area contributed by atoms with Crippen molar-refractivity contribution < 1.29 is 9.96 Å². The molecule has 0 rings (SSSR count). The molecular weight excluding hydrogens is 234 g/mol. The van der Waals surface area contributed by atoms with Gasteiger partial charge in [-0.2, -0.15) is 0 Å². The first-order valence-electron chi connectivity index (χ1n) is 8.59. The van der Waals surface area contributed by atoms with Gasteiger partial charge in [-0.1, -0.05) is 40.0 Å². The van der Waals surface area contributed by atoms with E-state index in [4.69, 9.17) is 0 Å². The van der Waals surface area contributed by atoms with E-state index < -0.39 is 0 Å². The third-order valence-corrected chi connectivity index (χ3v) is 4.38. The molecule has 0 amide bonds. The summed E-state index contributed by atoms with van der Waals surface area (Å²) in [6.07, 6.45) is 12.6. The van der Waals surface area contributed by atoms with E-state index in [1.165, 1.54) is 88.4 Å². The minimum absolute atomic E-state index is 0. The Bertz CT molecular complexity index is 144. The van der Waals surface area contributed by atoms with Crippen LogP contribution in [0.25, 0.3) is 0 Å². The first-order chi connectivity index (χ1) is 8.74. The SMILES string of the molecule is CCCCC[N+](CC)(CCCCC)CCCCC.[OH-]. The molecule has 0 aliphatic heterocycles. The maximum Gasteiger partial charge on any atom is 0.0786 e. The summed E-state index contributed by atoms with van der Waals surface area (Å²) in [7, 11) is 0. The Labute approximate surface area is 122 Å². The van der Waals surface area contributed by atoms with Crippen molar-refractivity contribution in [2.75, 3.05) is 26.2 Å². The van der Waals surface area contributed by atoms with Crippen molar-refractivity contribution in [2.24, 2.45) is 0 Å². The van der Waals surface area contributed by atoms with E-state index >= 15 is 0 Å².